The van der Waals surface area contributed by atoms with Crippen LogP contribution in [0.15, 0.2) is 36.4 Å². The molecule has 2 aromatic rings. The van der Waals surface area contributed by atoms with Gasteiger partial charge in [-0.3, -0.25) is 4.79 Å². The van der Waals surface area contributed by atoms with E-state index in [1.807, 2.05) is 19.1 Å². The number of carbonyl (C=O) groups is 1. The number of halogens is 1. The Morgan fingerprint density at radius 3 is 2.67 bits per heavy atom. The number of ether oxygens (including phenoxy) is 1. The summed E-state index contributed by atoms with van der Waals surface area (Å²) in [5.74, 6) is -0.358. The zero-order valence-electron chi connectivity index (χ0n) is 14.0. The number of hydrogen-bond donors (Lipinski definition) is 1. The van der Waals surface area contributed by atoms with E-state index in [-0.39, 0.29) is 17.8 Å². The van der Waals surface area contributed by atoms with E-state index in [9.17, 15) is 9.18 Å². The van der Waals surface area contributed by atoms with Crippen LogP contribution in [0.3, 0.4) is 0 Å². The molecule has 128 valence electrons. The molecule has 2 heterocycles. The van der Waals surface area contributed by atoms with Gasteiger partial charge in [0.1, 0.15) is 5.82 Å². The summed E-state index contributed by atoms with van der Waals surface area (Å²) in [7, 11) is 0. The lowest BCUT2D eigenvalue weighted by atomic mass is 9.73. The fourth-order valence-electron chi connectivity index (χ4n) is 3.24. The van der Waals surface area contributed by atoms with Crippen molar-refractivity contribution >= 4 is 17.2 Å². The lowest BCUT2D eigenvalue weighted by Gasteiger charge is -2.37. The summed E-state index contributed by atoms with van der Waals surface area (Å²) in [6.07, 6.45) is 1.14. The van der Waals surface area contributed by atoms with Gasteiger partial charge in [-0.15, -0.1) is 11.3 Å². The maximum Gasteiger partial charge on any atom is 0.231 e. The molecule has 0 aliphatic carbocycles. The summed E-state index contributed by atoms with van der Waals surface area (Å²) in [4.78, 5) is 15.5. The van der Waals surface area contributed by atoms with E-state index >= 15 is 0 Å². The third kappa shape index (κ3) is 3.37. The smallest absolute Gasteiger partial charge is 0.231 e. The van der Waals surface area contributed by atoms with Crippen molar-refractivity contribution in [2.75, 3.05) is 13.2 Å². The molecule has 1 aromatic carbocycles. The predicted octanol–water partition coefficient (Wildman–Crippen LogP) is 4.12. The van der Waals surface area contributed by atoms with Crippen molar-refractivity contribution in [3.05, 3.63) is 57.5 Å². The van der Waals surface area contributed by atoms with Gasteiger partial charge >= 0.3 is 0 Å². The zero-order chi connectivity index (χ0) is 17.2. The summed E-state index contributed by atoms with van der Waals surface area (Å²) in [6, 6.07) is 10.4. The first-order valence-electron chi connectivity index (χ1n) is 8.22. The van der Waals surface area contributed by atoms with Crippen LogP contribution in [-0.4, -0.2) is 19.1 Å². The Kier molecular flexibility index (Phi) is 5.01. The molecule has 0 radical (unpaired) electrons. The largest absolute Gasteiger partial charge is 0.381 e. The van der Waals surface area contributed by atoms with Crippen LogP contribution < -0.4 is 5.32 Å². The number of hydrogen-bond acceptors (Lipinski definition) is 3. The summed E-state index contributed by atoms with van der Waals surface area (Å²) in [6.45, 7) is 5.06. The van der Waals surface area contributed by atoms with Gasteiger partial charge in [0.25, 0.3) is 0 Å². The minimum atomic E-state index is -0.721. The number of carbonyl (C=O) groups excluding carboxylic acids is 1. The molecule has 0 spiro atoms. The van der Waals surface area contributed by atoms with E-state index in [4.69, 9.17) is 4.74 Å². The Balaban J connectivity index is 1.87. The molecule has 1 amide bonds. The lowest BCUT2D eigenvalue weighted by Crippen LogP contribution is -2.48. The monoisotopic (exact) mass is 347 g/mol. The maximum absolute atomic E-state index is 13.7. The van der Waals surface area contributed by atoms with Crippen molar-refractivity contribution in [2.45, 2.75) is 38.1 Å². The van der Waals surface area contributed by atoms with Gasteiger partial charge in [-0.2, -0.15) is 0 Å². The summed E-state index contributed by atoms with van der Waals surface area (Å²) in [5.41, 5.74) is 0.0128. The van der Waals surface area contributed by atoms with Crippen molar-refractivity contribution in [1.82, 2.24) is 5.32 Å². The normalized spacial score (nSPS) is 18.1. The average Bonchev–Trinajstić information content (AvgIpc) is 3.02. The Bertz CT molecular complexity index is 722. The van der Waals surface area contributed by atoms with Gasteiger partial charge in [-0.05, 0) is 56.5 Å². The molecule has 1 saturated heterocycles. The van der Waals surface area contributed by atoms with E-state index in [2.05, 4.69) is 18.3 Å². The second kappa shape index (κ2) is 7.03. The molecular formula is C19H22FNO2S. The number of rotatable bonds is 4. The third-order valence-electron chi connectivity index (χ3n) is 4.69. The molecule has 1 atom stereocenters. The minimum absolute atomic E-state index is 0.0463. The van der Waals surface area contributed by atoms with E-state index in [1.54, 1.807) is 17.4 Å². The highest BCUT2D eigenvalue weighted by Gasteiger charge is 2.42. The Labute approximate surface area is 145 Å². The fraction of sp³-hybridized carbons (Fsp3) is 0.421. The molecule has 0 bridgehead atoms. The standard InChI is InChI=1S/C19H22FNO2S/c1-13-6-7-17(24-13)14(2)21-18(22)19(8-10-23-11-9-19)15-4-3-5-16(20)12-15/h3-7,12,14H,8-11H2,1-2H3,(H,21,22)/t14-/m1/s1. The van der Waals surface area contributed by atoms with E-state index in [0.717, 1.165) is 10.4 Å². The molecular weight excluding hydrogens is 325 g/mol. The molecule has 1 fully saturated rings. The number of benzene rings is 1. The first-order chi connectivity index (χ1) is 11.5. The molecule has 1 aliphatic rings. The number of aryl methyl sites for hydroxylation is 1. The van der Waals surface area contributed by atoms with Crippen LogP contribution in [0.2, 0.25) is 0 Å². The van der Waals surface area contributed by atoms with Crippen molar-refractivity contribution in [3.8, 4) is 0 Å². The summed E-state index contributed by atoms with van der Waals surface area (Å²) in [5, 5.41) is 3.13. The number of thiophene rings is 1. The molecule has 1 N–H and O–H groups in total. The second-order valence-corrected chi connectivity index (χ2v) is 7.67. The highest BCUT2D eigenvalue weighted by Crippen LogP contribution is 2.36. The third-order valence-corrected chi connectivity index (χ3v) is 5.88. The molecule has 0 saturated carbocycles. The second-order valence-electron chi connectivity index (χ2n) is 6.35. The molecule has 24 heavy (non-hydrogen) atoms. The van der Waals surface area contributed by atoms with Gasteiger partial charge in [0, 0.05) is 23.0 Å². The van der Waals surface area contributed by atoms with Gasteiger partial charge in [0.15, 0.2) is 0 Å². The van der Waals surface area contributed by atoms with Gasteiger partial charge < -0.3 is 10.1 Å². The van der Waals surface area contributed by atoms with Crippen LogP contribution in [0.1, 0.15) is 41.1 Å². The van der Waals surface area contributed by atoms with Crippen LogP contribution in [0.5, 0.6) is 0 Å². The van der Waals surface area contributed by atoms with Crippen LogP contribution >= 0.6 is 11.3 Å². The maximum atomic E-state index is 13.7. The van der Waals surface area contributed by atoms with Crippen LogP contribution in [-0.2, 0) is 14.9 Å². The molecule has 1 aliphatic heterocycles. The molecule has 5 heteroatoms. The highest BCUT2D eigenvalue weighted by molar-refractivity contribution is 7.12. The quantitative estimate of drug-likeness (QED) is 0.903. The summed E-state index contributed by atoms with van der Waals surface area (Å²) < 4.78 is 19.2. The first kappa shape index (κ1) is 17.1. The molecule has 0 unspecified atom stereocenters. The molecule has 1 aromatic heterocycles. The fourth-order valence-corrected chi connectivity index (χ4v) is 4.12. The summed E-state index contributed by atoms with van der Waals surface area (Å²) >= 11 is 1.68. The SMILES string of the molecule is Cc1ccc([C@@H](C)NC(=O)C2(c3cccc(F)c3)CCOCC2)s1. The average molecular weight is 347 g/mol. The lowest BCUT2D eigenvalue weighted by molar-refractivity contribution is -0.131. The Morgan fingerprint density at radius 1 is 1.29 bits per heavy atom. The Hall–Kier alpha value is -1.72. The molecule has 3 rings (SSSR count). The number of amides is 1. The topological polar surface area (TPSA) is 38.3 Å². The van der Waals surface area contributed by atoms with Crippen molar-refractivity contribution in [3.63, 3.8) is 0 Å². The minimum Gasteiger partial charge on any atom is -0.381 e. The highest BCUT2D eigenvalue weighted by atomic mass is 32.1. The van der Waals surface area contributed by atoms with Crippen LogP contribution in [0, 0.1) is 12.7 Å². The zero-order valence-corrected chi connectivity index (χ0v) is 14.8. The van der Waals surface area contributed by atoms with E-state index < -0.39 is 5.41 Å². The van der Waals surface area contributed by atoms with Gasteiger partial charge in [0.2, 0.25) is 5.91 Å². The van der Waals surface area contributed by atoms with Gasteiger partial charge in [0.05, 0.1) is 11.5 Å². The van der Waals surface area contributed by atoms with Gasteiger partial charge in [-0.1, -0.05) is 12.1 Å². The van der Waals surface area contributed by atoms with Crippen molar-refractivity contribution < 1.29 is 13.9 Å². The first-order valence-corrected chi connectivity index (χ1v) is 9.04. The van der Waals surface area contributed by atoms with Crippen LogP contribution in [0.4, 0.5) is 4.39 Å². The van der Waals surface area contributed by atoms with E-state index in [0.29, 0.717) is 26.1 Å². The predicted molar refractivity (Wildman–Crippen MR) is 93.7 cm³/mol. The van der Waals surface area contributed by atoms with Crippen molar-refractivity contribution in [1.29, 1.82) is 0 Å². The Morgan fingerprint density at radius 2 is 2.04 bits per heavy atom. The van der Waals surface area contributed by atoms with Gasteiger partial charge in [-0.25, -0.2) is 4.39 Å². The molecule has 3 nitrogen and oxygen atoms in total. The van der Waals surface area contributed by atoms with E-state index in [1.165, 1.54) is 17.0 Å². The van der Waals surface area contributed by atoms with Crippen LogP contribution in [0.25, 0.3) is 0 Å². The number of nitrogens with one attached hydrogen (secondary N) is 1. The van der Waals surface area contributed by atoms with Crippen molar-refractivity contribution in [2.24, 2.45) is 0 Å².